The lowest BCUT2D eigenvalue weighted by atomic mass is 9.90. The molecule has 208 valence electrons. The quantitative estimate of drug-likeness (QED) is 0.298. The molecule has 2 fully saturated rings. The summed E-state index contributed by atoms with van der Waals surface area (Å²) < 4.78 is 8.36. The van der Waals surface area contributed by atoms with Gasteiger partial charge in [0.15, 0.2) is 0 Å². The maximum atomic E-state index is 6.42. The Kier molecular flexibility index (Phi) is 9.72. The molecule has 2 N–H and O–H groups in total. The summed E-state index contributed by atoms with van der Waals surface area (Å²) in [5, 5.41) is 0.942. The highest BCUT2D eigenvalue weighted by molar-refractivity contribution is 6.00. The van der Waals surface area contributed by atoms with E-state index < -0.39 is 0 Å². The standard InChI is InChI=1S/C30H36N6O.2ClH/c1-34-16-5-17-35(19-18-34)23-10-12-24(13-11-23)36-20-27(28-29(31)32-21-33-30(28)36)22-8-14-26(15-9-22)37-25-6-3-2-4-7-25;;/h2-4,6-9,14-15,20-21,23-24H,5,10-13,16-19H2,1H3,(H2,31,32,33);2*1H. The van der Waals surface area contributed by atoms with Gasteiger partial charge in [-0.15, -0.1) is 24.8 Å². The van der Waals surface area contributed by atoms with Gasteiger partial charge in [-0.25, -0.2) is 9.97 Å². The number of rotatable bonds is 5. The molecular formula is C30H38Cl2N6O. The van der Waals surface area contributed by atoms with Gasteiger partial charge in [-0.2, -0.15) is 0 Å². The number of fused-ring (bicyclic) bond motifs is 1. The molecule has 39 heavy (non-hydrogen) atoms. The third-order valence-corrected chi connectivity index (χ3v) is 8.11. The second-order valence-corrected chi connectivity index (χ2v) is 10.5. The molecule has 6 rings (SSSR count). The summed E-state index contributed by atoms with van der Waals surface area (Å²) in [5.74, 6) is 2.17. The number of ether oxygens (including phenoxy) is 1. The normalized spacial score (nSPS) is 20.5. The van der Waals surface area contributed by atoms with Crippen molar-refractivity contribution in [1.82, 2.24) is 24.3 Å². The van der Waals surface area contributed by atoms with Crippen molar-refractivity contribution in [2.45, 2.75) is 44.2 Å². The summed E-state index contributed by atoms with van der Waals surface area (Å²) in [6.45, 7) is 4.81. The van der Waals surface area contributed by atoms with E-state index in [1.165, 1.54) is 45.4 Å². The molecule has 2 aromatic heterocycles. The van der Waals surface area contributed by atoms with Gasteiger partial charge in [-0.1, -0.05) is 30.3 Å². The Bertz CT molecular complexity index is 1340. The average molecular weight is 570 g/mol. The van der Waals surface area contributed by atoms with Crippen LogP contribution in [0.15, 0.2) is 67.1 Å². The summed E-state index contributed by atoms with van der Waals surface area (Å²) >= 11 is 0. The van der Waals surface area contributed by atoms with Crippen LogP contribution in [0.3, 0.4) is 0 Å². The van der Waals surface area contributed by atoms with Crippen LogP contribution in [0.5, 0.6) is 11.5 Å². The van der Waals surface area contributed by atoms with E-state index in [0.29, 0.717) is 17.9 Å². The van der Waals surface area contributed by atoms with Gasteiger partial charge in [0.05, 0.1) is 5.39 Å². The van der Waals surface area contributed by atoms with Gasteiger partial charge in [0, 0.05) is 36.9 Å². The molecule has 2 aliphatic rings. The number of anilines is 1. The van der Waals surface area contributed by atoms with E-state index in [-0.39, 0.29) is 24.8 Å². The fourth-order valence-corrected chi connectivity index (χ4v) is 6.07. The number of hydrogen-bond acceptors (Lipinski definition) is 6. The Balaban J connectivity index is 0.00000176. The fourth-order valence-electron chi connectivity index (χ4n) is 6.07. The second kappa shape index (κ2) is 13.0. The zero-order chi connectivity index (χ0) is 25.2. The molecule has 1 saturated carbocycles. The molecule has 1 aliphatic carbocycles. The minimum Gasteiger partial charge on any atom is -0.457 e. The maximum Gasteiger partial charge on any atom is 0.146 e. The van der Waals surface area contributed by atoms with Gasteiger partial charge in [0.1, 0.15) is 29.3 Å². The molecule has 0 atom stereocenters. The van der Waals surface area contributed by atoms with Crippen LogP contribution in [0.2, 0.25) is 0 Å². The van der Waals surface area contributed by atoms with Crippen molar-refractivity contribution in [3.63, 3.8) is 0 Å². The van der Waals surface area contributed by atoms with Crippen molar-refractivity contribution in [2.24, 2.45) is 0 Å². The van der Waals surface area contributed by atoms with Crippen molar-refractivity contribution in [2.75, 3.05) is 39.0 Å². The molecule has 7 nitrogen and oxygen atoms in total. The first kappa shape index (κ1) is 29.2. The smallest absolute Gasteiger partial charge is 0.146 e. The topological polar surface area (TPSA) is 72.4 Å². The van der Waals surface area contributed by atoms with Gasteiger partial charge in [-0.05, 0) is 82.1 Å². The molecule has 0 unspecified atom stereocenters. The first-order chi connectivity index (χ1) is 18.2. The zero-order valence-electron chi connectivity index (χ0n) is 22.4. The van der Waals surface area contributed by atoms with Gasteiger partial charge in [0.25, 0.3) is 0 Å². The van der Waals surface area contributed by atoms with E-state index in [4.69, 9.17) is 15.5 Å². The summed E-state index contributed by atoms with van der Waals surface area (Å²) in [6.07, 6.45) is 9.89. The summed E-state index contributed by atoms with van der Waals surface area (Å²) in [4.78, 5) is 14.2. The van der Waals surface area contributed by atoms with Crippen LogP contribution >= 0.6 is 24.8 Å². The fraction of sp³-hybridized carbons (Fsp3) is 0.400. The van der Waals surface area contributed by atoms with E-state index in [1.807, 2.05) is 42.5 Å². The number of nitrogen functional groups attached to an aromatic ring is 1. The van der Waals surface area contributed by atoms with Gasteiger partial charge in [0.2, 0.25) is 0 Å². The first-order valence-electron chi connectivity index (χ1n) is 13.5. The predicted molar refractivity (Wildman–Crippen MR) is 163 cm³/mol. The highest BCUT2D eigenvalue weighted by Gasteiger charge is 2.29. The Morgan fingerprint density at radius 2 is 1.49 bits per heavy atom. The number of nitrogens with two attached hydrogens (primary N) is 1. The lowest BCUT2D eigenvalue weighted by molar-refractivity contribution is 0.143. The Morgan fingerprint density at radius 3 is 2.23 bits per heavy atom. The van der Waals surface area contributed by atoms with E-state index in [1.54, 1.807) is 6.33 Å². The maximum absolute atomic E-state index is 6.42. The summed E-state index contributed by atoms with van der Waals surface area (Å²) in [5.41, 5.74) is 9.52. The Hall–Kier alpha value is -2.84. The largest absolute Gasteiger partial charge is 0.457 e. The molecule has 0 bridgehead atoms. The molecule has 4 aromatic rings. The van der Waals surface area contributed by atoms with Crippen molar-refractivity contribution < 1.29 is 4.74 Å². The van der Waals surface area contributed by atoms with E-state index >= 15 is 0 Å². The highest BCUT2D eigenvalue weighted by Crippen LogP contribution is 2.39. The first-order valence-corrected chi connectivity index (χ1v) is 13.5. The van der Waals surface area contributed by atoms with E-state index in [0.717, 1.165) is 46.5 Å². The lowest BCUT2D eigenvalue weighted by Crippen LogP contribution is -2.40. The number of halogens is 2. The van der Waals surface area contributed by atoms with Crippen molar-refractivity contribution in [3.05, 3.63) is 67.1 Å². The molecule has 1 aliphatic heterocycles. The summed E-state index contributed by atoms with van der Waals surface area (Å²) in [7, 11) is 2.24. The van der Waals surface area contributed by atoms with Crippen molar-refractivity contribution >= 4 is 41.7 Å². The second-order valence-electron chi connectivity index (χ2n) is 10.5. The van der Waals surface area contributed by atoms with Crippen LogP contribution in [0.25, 0.3) is 22.2 Å². The molecule has 1 saturated heterocycles. The van der Waals surface area contributed by atoms with Crippen LogP contribution in [-0.4, -0.2) is 63.6 Å². The van der Waals surface area contributed by atoms with Gasteiger partial charge >= 0.3 is 0 Å². The number of aromatic nitrogens is 3. The van der Waals surface area contributed by atoms with Crippen LogP contribution in [0.4, 0.5) is 5.82 Å². The Labute approximate surface area is 243 Å². The van der Waals surface area contributed by atoms with Crippen LogP contribution < -0.4 is 10.5 Å². The van der Waals surface area contributed by atoms with Gasteiger partial charge < -0.3 is 19.9 Å². The molecule has 0 radical (unpaired) electrons. The minimum atomic E-state index is 0. The number of likely N-dealkylation sites (N-methyl/N-ethyl adjacent to an activating group) is 1. The number of hydrogen-bond donors (Lipinski definition) is 1. The van der Waals surface area contributed by atoms with E-state index in [2.05, 4.69) is 44.7 Å². The third-order valence-electron chi connectivity index (χ3n) is 8.11. The lowest BCUT2D eigenvalue weighted by Gasteiger charge is -2.37. The van der Waals surface area contributed by atoms with Crippen molar-refractivity contribution in [3.8, 4) is 22.6 Å². The van der Waals surface area contributed by atoms with Crippen molar-refractivity contribution in [1.29, 1.82) is 0 Å². The third kappa shape index (κ3) is 6.33. The molecule has 9 heteroatoms. The summed E-state index contributed by atoms with van der Waals surface area (Å²) in [6, 6.07) is 19.2. The number of para-hydroxylation sites is 1. The zero-order valence-corrected chi connectivity index (χ0v) is 24.0. The minimum absolute atomic E-state index is 0. The van der Waals surface area contributed by atoms with Crippen LogP contribution in [-0.2, 0) is 0 Å². The number of benzene rings is 2. The van der Waals surface area contributed by atoms with Gasteiger partial charge in [-0.3, -0.25) is 4.90 Å². The highest BCUT2D eigenvalue weighted by atomic mass is 35.5. The van der Waals surface area contributed by atoms with Crippen LogP contribution in [0.1, 0.15) is 38.1 Å². The van der Waals surface area contributed by atoms with Crippen LogP contribution in [0, 0.1) is 0 Å². The molecule has 2 aromatic carbocycles. The molecule has 0 spiro atoms. The predicted octanol–water partition coefficient (Wildman–Crippen LogP) is 6.44. The monoisotopic (exact) mass is 568 g/mol. The van der Waals surface area contributed by atoms with E-state index in [9.17, 15) is 0 Å². The Morgan fingerprint density at radius 1 is 0.795 bits per heavy atom. The molecule has 0 amide bonds. The number of nitrogens with zero attached hydrogens (tertiary/aromatic N) is 5. The molecule has 3 heterocycles. The molecular weight excluding hydrogens is 531 g/mol. The average Bonchev–Trinajstić information content (AvgIpc) is 3.19. The SMILES string of the molecule is CN1CCCN(C2CCC(n3cc(-c4ccc(Oc5ccccc5)cc4)c4c(N)ncnc43)CC2)CC1.Cl.Cl.